The lowest BCUT2D eigenvalue weighted by molar-refractivity contribution is -0.166. The highest BCUT2D eigenvalue weighted by molar-refractivity contribution is 6.83. The zero-order valence-corrected chi connectivity index (χ0v) is 17.5. The van der Waals surface area contributed by atoms with Crippen molar-refractivity contribution in [3.05, 3.63) is 64.7 Å². The molecule has 0 spiro atoms. The molecule has 2 aliphatic heterocycles. The smallest absolute Gasteiger partial charge is 0.384 e. The number of alkyl halides is 3. The molecule has 30 heavy (non-hydrogen) atoms. The first kappa shape index (κ1) is 20.3. The van der Waals surface area contributed by atoms with Crippen molar-refractivity contribution in [3.8, 4) is 11.5 Å². The fourth-order valence-corrected chi connectivity index (χ4v) is 3.82. The van der Waals surface area contributed by atoms with E-state index in [9.17, 15) is 18.3 Å². The monoisotopic (exact) mass is 428 g/mol. The van der Waals surface area contributed by atoms with Crippen molar-refractivity contribution < 1.29 is 18.3 Å². The number of rotatable bonds is 2. The fraction of sp³-hybridized carbons (Fsp3) is 0.286. The van der Waals surface area contributed by atoms with Gasteiger partial charge in [-0.2, -0.15) is 13.2 Å². The summed E-state index contributed by atoms with van der Waals surface area (Å²) < 4.78 is 39.7. The van der Waals surface area contributed by atoms with Gasteiger partial charge >= 0.3 is 11.8 Å². The standard InChI is InChI=1S/C21H19F3N4OSi/c1-30(2,3)11-10-13-4-9-17-16(12-13)19(29,18(25)26-17)14-5-7-15(8-6-14)20(27-28-20)21(22,23)24/h4-9,12,29H,1-3H3,(H2,25,26). The zero-order valence-electron chi connectivity index (χ0n) is 16.5. The third-order valence-electron chi connectivity index (χ3n) is 4.98. The number of hydrogen-bond acceptors (Lipinski definition) is 5. The summed E-state index contributed by atoms with van der Waals surface area (Å²) >= 11 is 0. The van der Waals surface area contributed by atoms with Crippen LogP contribution < -0.4 is 5.73 Å². The Balaban J connectivity index is 1.74. The number of benzene rings is 2. The Hall–Kier alpha value is -2.96. The number of nitrogens with zero attached hydrogens (tertiary/aromatic N) is 3. The predicted octanol–water partition coefficient (Wildman–Crippen LogP) is 4.33. The first-order valence-electron chi connectivity index (χ1n) is 9.23. The third-order valence-corrected chi connectivity index (χ3v) is 5.86. The number of hydrogen-bond donors (Lipinski definition) is 2. The Morgan fingerprint density at radius 3 is 2.13 bits per heavy atom. The average Bonchev–Trinajstić information content (AvgIpc) is 3.44. The first-order chi connectivity index (χ1) is 13.9. The van der Waals surface area contributed by atoms with E-state index in [-0.39, 0.29) is 11.4 Å². The molecule has 1 atom stereocenters. The van der Waals surface area contributed by atoms with Crippen molar-refractivity contribution in [2.45, 2.75) is 37.1 Å². The van der Waals surface area contributed by atoms with E-state index >= 15 is 0 Å². The van der Waals surface area contributed by atoms with Gasteiger partial charge in [-0.25, -0.2) is 4.99 Å². The summed E-state index contributed by atoms with van der Waals surface area (Å²) in [5.74, 6) is 3.08. The highest BCUT2D eigenvalue weighted by Crippen LogP contribution is 2.52. The Bertz CT molecular complexity index is 1150. The van der Waals surface area contributed by atoms with Gasteiger partial charge < -0.3 is 10.8 Å². The number of halogens is 3. The van der Waals surface area contributed by atoms with Gasteiger partial charge in [-0.05, 0) is 23.8 Å². The summed E-state index contributed by atoms with van der Waals surface area (Å²) in [6.45, 7) is 6.37. The SMILES string of the molecule is C[Si](C)(C)C#Cc1ccc2c(c1)C(O)(c1ccc(C3(C(F)(F)F)N=N3)cc1)C(N)=N2. The molecule has 2 aromatic rings. The molecule has 0 saturated heterocycles. The largest absolute Gasteiger partial charge is 0.442 e. The summed E-state index contributed by atoms with van der Waals surface area (Å²) in [6.07, 6.45) is -4.62. The second-order valence-electron chi connectivity index (χ2n) is 8.39. The molecule has 0 bridgehead atoms. The van der Waals surface area contributed by atoms with E-state index in [1.54, 1.807) is 18.2 Å². The van der Waals surface area contributed by atoms with Crippen molar-refractivity contribution in [2.24, 2.45) is 21.0 Å². The quantitative estimate of drug-likeness (QED) is 0.551. The van der Waals surface area contributed by atoms with Crippen LogP contribution in [0.25, 0.3) is 0 Å². The van der Waals surface area contributed by atoms with E-state index in [4.69, 9.17) is 5.73 Å². The van der Waals surface area contributed by atoms with Crippen LogP contribution in [0.15, 0.2) is 57.7 Å². The molecular weight excluding hydrogens is 409 g/mol. The van der Waals surface area contributed by atoms with E-state index in [1.165, 1.54) is 24.3 Å². The maximum absolute atomic E-state index is 13.2. The number of aliphatic hydroxyl groups is 1. The van der Waals surface area contributed by atoms with E-state index in [0.717, 1.165) is 0 Å². The van der Waals surface area contributed by atoms with Crippen LogP contribution in [-0.4, -0.2) is 25.2 Å². The molecule has 0 aromatic heterocycles. The van der Waals surface area contributed by atoms with Gasteiger partial charge in [0.25, 0.3) is 0 Å². The van der Waals surface area contributed by atoms with Gasteiger partial charge in [0.05, 0.1) is 5.69 Å². The third kappa shape index (κ3) is 3.12. The van der Waals surface area contributed by atoms with Gasteiger partial charge in [-0.3, -0.25) is 0 Å². The van der Waals surface area contributed by atoms with Crippen LogP contribution in [0.1, 0.15) is 22.3 Å². The molecule has 5 nitrogen and oxygen atoms in total. The fourth-order valence-electron chi connectivity index (χ4n) is 3.30. The molecular formula is C21H19F3N4OSi. The number of aliphatic imine (C=N–C) groups is 1. The van der Waals surface area contributed by atoms with Crippen molar-refractivity contribution >= 4 is 19.6 Å². The summed E-state index contributed by atoms with van der Waals surface area (Å²) in [5.41, 5.74) is 6.88. The van der Waals surface area contributed by atoms with Crippen molar-refractivity contribution in [2.75, 3.05) is 0 Å². The molecule has 2 aromatic carbocycles. The molecule has 0 saturated carbocycles. The molecule has 0 amide bonds. The molecule has 4 rings (SSSR count). The van der Waals surface area contributed by atoms with Gasteiger partial charge in [-0.1, -0.05) is 49.8 Å². The number of nitrogens with two attached hydrogens (primary N) is 1. The summed E-state index contributed by atoms with van der Waals surface area (Å²) in [4.78, 5) is 4.24. The van der Waals surface area contributed by atoms with Crippen molar-refractivity contribution in [3.63, 3.8) is 0 Å². The number of fused-ring (bicyclic) bond motifs is 1. The lowest BCUT2D eigenvalue weighted by Crippen LogP contribution is -2.39. The van der Waals surface area contributed by atoms with Gasteiger partial charge in [0, 0.05) is 16.7 Å². The zero-order chi connectivity index (χ0) is 21.9. The Morgan fingerprint density at radius 2 is 1.60 bits per heavy atom. The molecule has 2 heterocycles. The maximum Gasteiger partial charge on any atom is 0.442 e. The van der Waals surface area contributed by atoms with Gasteiger partial charge in [0.15, 0.2) is 5.60 Å². The van der Waals surface area contributed by atoms with Crippen LogP contribution in [0.5, 0.6) is 0 Å². The van der Waals surface area contributed by atoms with Crippen LogP contribution in [0.3, 0.4) is 0 Å². The Labute approximate surface area is 172 Å². The van der Waals surface area contributed by atoms with Crippen LogP contribution in [0.2, 0.25) is 19.6 Å². The highest BCUT2D eigenvalue weighted by Gasteiger charge is 2.65. The second-order valence-corrected chi connectivity index (χ2v) is 13.1. The predicted molar refractivity (Wildman–Crippen MR) is 110 cm³/mol. The molecule has 9 heteroatoms. The summed E-state index contributed by atoms with van der Waals surface area (Å²) in [5, 5.41) is 17.8. The number of amidine groups is 1. The normalized spacial score (nSPS) is 21.5. The van der Waals surface area contributed by atoms with Crippen LogP contribution in [0.4, 0.5) is 18.9 Å². The van der Waals surface area contributed by atoms with E-state index < -0.39 is 25.5 Å². The Morgan fingerprint density at radius 1 is 1.00 bits per heavy atom. The lowest BCUT2D eigenvalue weighted by Gasteiger charge is -2.25. The van der Waals surface area contributed by atoms with Crippen molar-refractivity contribution in [1.82, 2.24) is 0 Å². The molecule has 1 unspecified atom stereocenters. The van der Waals surface area contributed by atoms with Crippen molar-refractivity contribution in [1.29, 1.82) is 0 Å². The Kier molecular flexibility index (Phi) is 4.24. The molecule has 0 aliphatic carbocycles. The van der Waals surface area contributed by atoms with Crippen LogP contribution in [-0.2, 0) is 11.3 Å². The minimum absolute atomic E-state index is 0.0492. The molecule has 3 N–H and O–H groups in total. The van der Waals surface area contributed by atoms with Gasteiger partial charge in [0.2, 0.25) is 0 Å². The van der Waals surface area contributed by atoms with E-state index in [1.807, 2.05) is 0 Å². The van der Waals surface area contributed by atoms with E-state index in [2.05, 4.69) is 46.3 Å². The molecule has 0 radical (unpaired) electrons. The molecule has 2 aliphatic rings. The van der Waals surface area contributed by atoms with Crippen LogP contribution >= 0.6 is 0 Å². The lowest BCUT2D eigenvalue weighted by atomic mass is 9.84. The van der Waals surface area contributed by atoms with Gasteiger partial charge in [0.1, 0.15) is 13.9 Å². The van der Waals surface area contributed by atoms with E-state index in [0.29, 0.717) is 22.4 Å². The van der Waals surface area contributed by atoms with Crippen LogP contribution in [0, 0.1) is 11.5 Å². The summed E-state index contributed by atoms with van der Waals surface area (Å²) in [7, 11) is -1.60. The minimum Gasteiger partial charge on any atom is -0.384 e. The second kappa shape index (κ2) is 6.27. The molecule has 154 valence electrons. The van der Waals surface area contributed by atoms with Gasteiger partial charge in [-0.15, -0.1) is 15.8 Å². The molecule has 0 fully saturated rings. The average molecular weight is 428 g/mol. The maximum atomic E-state index is 13.2. The topological polar surface area (TPSA) is 83.3 Å². The highest BCUT2D eigenvalue weighted by atomic mass is 28.3. The first-order valence-corrected chi connectivity index (χ1v) is 12.7. The summed E-state index contributed by atoms with van der Waals surface area (Å²) in [6, 6.07) is 10.5. The minimum atomic E-state index is -4.62.